The number of ketones is 1. The van der Waals surface area contributed by atoms with E-state index in [1.54, 1.807) is 11.8 Å². The monoisotopic (exact) mass is 271 g/mol. The Bertz CT molecular complexity index is 587. The molecule has 0 aliphatic carbocycles. The van der Waals surface area contributed by atoms with Crippen molar-refractivity contribution in [3.63, 3.8) is 0 Å². The quantitative estimate of drug-likeness (QED) is 0.770. The van der Waals surface area contributed by atoms with Gasteiger partial charge in [0, 0.05) is 22.6 Å². The van der Waals surface area contributed by atoms with Crippen molar-refractivity contribution >= 4 is 17.5 Å². The Morgan fingerprint density at radius 3 is 2.63 bits per heavy atom. The maximum absolute atomic E-state index is 11.9. The van der Waals surface area contributed by atoms with Crippen LogP contribution in [0.1, 0.15) is 35.0 Å². The predicted molar refractivity (Wildman–Crippen MR) is 78.9 cm³/mol. The van der Waals surface area contributed by atoms with Gasteiger partial charge in [0.2, 0.25) is 0 Å². The zero-order valence-electron chi connectivity index (χ0n) is 11.4. The molecule has 1 aromatic carbocycles. The summed E-state index contributed by atoms with van der Waals surface area (Å²) in [5.41, 5.74) is 2.98. The average molecular weight is 271 g/mol. The first-order valence-electron chi connectivity index (χ1n) is 6.35. The van der Waals surface area contributed by atoms with Crippen LogP contribution in [-0.4, -0.2) is 10.8 Å². The minimum Gasteiger partial charge on any atom is -0.294 e. The number of carbonyl (C=O) groups excluding carboxylic acids is 1. The van der Waals surface area contributed by atoms with Crippen molar-refractivity contribution in [2.45, 2.75) is 37.1 Å². The second kappa shape index (κ2) is 6.02. The highest BCUT2D eigenvalue weighted by Gasteiger charge is 2.10. The van der Waals surface area contributed by atoms with Crippen LogP contribution in [0.2, 0.25) is 0 Å². The number of aromatic nitrogens is 1. The number of aryl methyl sites for hydroxylation is 2. The molecule has 0 fully saturated rings. The van der Waals surface area contributed by atoms with Crippen molar-refractivity contribution in [3.8, 4) is 0 Å². The lowest BCUT2D eigenvalue weighted by atomic mass is 10.1. The summed E-state index contributed by atoms with van der Waals surface area (Å²) in [5, 5.41) is 0.939. The first kappa shape index (κ1) is 13.8. The van der Waals surface area contributed by atoms with Crippen LogP contribution in [0.25, 0.3) is 0 Å². The van der Waals surface area contributed by atoms with Gasteiger partial charge < -0.3 is 0 Å². The van der Waals surface area contributed by atoms with Gasteiger partial charge >= 0.3 is 0 Å². The molecule has 0 saturated carbocycles. The molecular formula is C16H17NOS. The second-order valence-electron chi connectivity index (χ2n) is 4.50. The molecule has 2 nitrogen and oxygen atoms in total. The molecule has 0 unspecified atom stereocenters. The number of pyridine rings is 1. The van der Waals surface area contributed by atoms with E-state index < -0.39 is 0 Å². The van der Waals surface area contributed by atoms with Crippen LogP contribution >= 0.6 is 11.8 Å². The fourth-order valence-corrected chi connectivity index (χ4v) is 3.04. The fraction of sp³-hybridized carbons (Fsp3) is 0.250. The maximum Gasteiger partial charge on any atom is 0.163 e. The minimum atomic E-state index is 0.174. The summed E-state index contributed by atoms with van der Waals surface area (Å²) in [7, 11) is 0. The van der Waals surface area contributed by atoms with Crippen molar-refractivity contribution in [2.75, 3.05) is 0 Å². The van der Waals surface area contributed by atoms with Crippen LogP contribution in [0.5, 0.6) is 0 Å². The zero-order valence-corrected chi connectivity index (χ0v) is 12.3. The molecule has 2 aromatic rings. The number of nitrogens with zero attached hydrogens (tertiary/aromatic N) is 1. The molecule has 0 saturated heterocycles. The van der Waals surface area contributed by atoms with Gasteiger partial charge in [0.05, 0.1) is 0 Å². The van der Waals surface area contributed by atoms with E-state index in [0.717, 1.165) is 21.2 Å². The topological polar surface area (TPSA) is 30.0 Å². The number of carbonyl (C=O) groups is 1. The number of Topliss-reactive ketones (excluding diaryl/α,β-unsaturated/α-hetero) is 1. The third kappa shape index (κ3) is 3.44. The molecular weight excluding hydrogens is 254 g/mol. The number of benzene rings is 1. The molecule has 0 spiro atoms. The molecule has 0 bridgehead atoms. The largest absolute Gasteiger partial charge is 0.294 e. The van der Waals surface area contributed by atoms with E-state index in [1.807, 2.05) is 50.2 Å². The molecule has 0 atom stereocenters. The van der Waals surface area contributed by atoms with E-state index in [1.165, 1.54) is 5.56 Å². The standard InChI is InChI=1S/C16H17NOS/c1-4-14(18)13-7-5-6-8-15(13)19-16-10-11(2)9-12(3)17-16/h5-10H,4H2,1-3H3. The zero-order chi connectivity index (χ0) is 13.8. The van der Waals surface area contributed by atoms with E-state index in [0.29, 0.717) is 6.42 Å². The van der Waals surface area contributed by atoms with Crippen LogP contribution in [0, 0.1) is 13.8 Å². The van der Waals surface area contributed by atoms with Crippen molar-refractivity contribution in [1.82, 2.24) is 4.98 Å². The Morgan fingerprint density at radius 2 is 1.95 bits per heavy atom. The molecule has 1 heterocycles. The van der Waals surface area contributed by atoms with E-state index >= 15 is 0 Å². The summed E-state index contributed by atoms with van der Waals surface area (Å²) < 4.78 is 0. The Balaban J connectivity index is 2.35. The summed E-state index contributed by atoms with van der Waals surface area (Å²) in [4.78, 5) is 17.4. The minimum absolute atomic E-state index is 0.174. The van der Waals surface area contributed by atoms with E-state index in [2.05, 4.69) is 11.9 Å². The van der Waals surface area contributed by atoms with Gasteiger partial charge in [-0.25, -0.2) is 4.98 Å². The highest BCUT2D eigenvalue weighted by molar-refractivity contribution is 7.99. The van der Waals surface area contributed by atoms with Crippen LogP contribution in [0.15, 0.2) is 46.3 Å². The average Bonchev–Trinajstić information content (AvgIpc) is 2.37. The van der Waals surface area contributed by atoms with Crippen molar-refractivity contribution in [2.24, 2.45) is 0 Å². The molecule has 3 heteroatoms. The van der Waals surface area contributed by atoms with E-state index in [-0.39, 0.29) is 5.78 Å². The van der Waals surface area contributed by atoms with Gasteiger partial charge in [-0.05, 0) is 37.6 Å². The highest BCUT2D eigenvalue weighted by Crippen LogP contribution is 2.30. The lowest BCUT2D eigenvalue weighted by Gasteiger charge is -2.08. The van der Waals surface area contributed by atoms with Crippen LogP contribution in [0.3, 0.4) is 0 Å². The highest BCUT2D eigenvalue weighted by atomic mass is 32.2. The first-order chi connectivity index (χ1) is 9.10. The summed E-state index contributed by atoms with van der Waals surface area (Å²) in [6.45, 7) is 5.93. The molecule has 0 N–H and O–H groups in total. The Morgan fingerprint density at radius 1 is 1.21 bits per heavy atom. The molecule has 2 rings (SSSR count). The van der Waals surface area contributed by atoms with Gasteiger partial charge in [-0.1, -0.05) is 36.9 Å². The third-order valence-electron chi connectivity index (χ3n) is 2.80. The van der Waals surface area contributed by atoms with Gasteiger partial charge in [-0.2, -0.15) is 0 Å². The van der Waals surface area contributed by atoms with Crippen molar-refractivity contribution in [1.29, 1.82) is 0 Å². The van der Waals surface area contributed by atoms with Crippen LogP contribution in [0.4, 0.5) is 0 Å². The predicted octanol–water partition coefficient (Wildman–Crippen LogP) is 4.44. The first-order valence-corrected chi connectivity index (χ1v) is 7.17. The Hall–Kier alpha value is -1.61. The van der Waals surface area contributed by atoms with E-state index in [4.69, 9.17) is 0 Å². The molecule has 19 heavy (non-hydrogen) atoms. The van der Waals surface area contributed by atoms with E-state index in [9.17, 15) is 4.79 Å². The van der Waals surface area contributed by atoms with Crippen LogP contribution in [-0.2, 0) is 0 Å². The lowest BCUT2D eigenvalue weighted by molar-refractivity contribution is 0.0985. The summed E-state index contributed by atoms with van der Waals surface area (Å²) in [6, 6.07) is 11.8. The molecule has 98 valence electrons. The van der Waals surface area contributed by atoms with Gasteiger partial charge in [0.25, 0.3) is 0 Å². The number of rotatable bonds is 4. The Labute approximate surface area is 118 Å². The second-order valence-corrected chi connectivity index (χ2v) is 5.56. The Kier molecular flexibility index (Phi) is 4.38. The molecule has 0 radical (unpaired) electrons. The maximum atomic E-state index is 11.9. The van der Waals surface area contributed by atoms with Crippen molar-refractivity contribution < 1.29 is 4.79 Å². The van der Waals surface area contributed by atoms with Gasteiger partial charge in [0.15, 0.2) is 5.78 Å². The number of hydrogen-bond acceptors (Lipinski definition) is 3. The smallest absolute Gasteiger partial charge is 0.163 e. The molecule has 0 aliphatic heterocycles. The molecule has 0 amide bonds. The summed E-state index contributed by atoms with van der Waals surface area (Å²) in [6.07, 6.45) is 0.526. The van der Waals surface area contributed by atoms with Crippen LogP contribution < -0.4 is 0 Å². The van der Waals surface area contributed by atoms with Gasteiger partial charge in [-0.15, -0.1) is 0 Å². The van der Waals surface area contributed by atoms with Gasteiger partial charge in [-0.3, -0.25) is 4.79 Å². The third-order valence-corrected chi connectivity index (χ3v) is 3.79. The molecule has 0 aliphatic rings. The SMILES string of the molecule is CCC(=O)c1ccccc1Sc1cc(C)cc(C)n1. The summed E-state index contributed by atoms with van der Waals surface area (Å²) in [5.74, 6) is 0.174. The lowest BCUT2D eigenvalue weighted by Crippen LogP contribution is -1.98. The van der Waals surface area contributed by atoms with Crippen molar-refractivity contribution in [3.05, 3.63) is 53.2 Å². The van der Waals surface area contributed by atoms with Gasteiger partial charge in [0.1, 0.15) is 5.03 Å². The summed E-state index contributed by atoms with van der Waals surface area (Å²) >= 11 is 1.55. The number of hydrogen-bond donors (Lipinski definition) is 0. The molecule has 1 aromatic heterocycles. The fourth-order valence-electron chi connectivity index (χ4n) is 1.95. The normalized spacial score (nSPS) is 10.5.